The summed E-state index contributed by atoms with van der Waals surface area (Å²) in [6, 6.07) is 22.0. The Morgan fingerprint density at radius 2 is 1.45 bits per heavy atom. The molecule has 0 bridgehead atoms. The summed E-state index contributed by atoms with van der Waals surface area (Å²) in [5, 5.41) is 6.13. The van der Waals surface area contributed by atoms with Crippen molar-refractivity contribution >= 4 is 50.4 Å². The molecule has 3 aromatic carbocycles. The average molecular weight is 600 g/mol. The summed E-state index contributed by atoms with van der Waals surface area (Å²) in [6.07, 6.45) is 14.5. The van der Waals surface area contributed by atoms with Crippen LogP contribution in [-0.4, -0.2) is 24.4 Å². The summed E-state index contributed by atoms with van der Waals surface area (Å²) in [7, 11) is 6.54. The van der Waals surface area contributed by atoms with Crippen molar-refractivity contribution in [1.29, 1.82) is 0 Å². The Labute approximate surface area is 266 Å². The summed E-state index contributed by atoms with van der Waals surface area (Å²) in [5.74, 6) is 1.25. The molecule has 0 radical (unpaired) electrons. The van der Waals surface area contributed by atoms with E-state index in [0.29, 0.717) is 0 Å². The van der Waals surface area contributed by atoms with Gasteiger partial charge in [-0.05, 0) is 78.8 Å². The van der Waals surface area contributed by atoms with Crippen LogP contribution < -0.4 is 9.47 Å². The van der Waals surface area contributed by atoms with Gasteiger partial charge in [-0.15, -0.1) is 9.14 Å². The summed E-state index contributed by atoms with van der Waals surface area (Å²) >= 11 is 7.18. The van der Waals surface area contributed by atoms with Gasteiger partial charge < -0.3 is 4.90 Å². The molecule has 3 aliphatic rings. The molecule has 3 heterocycles. The zero-order valence-electron chi connectivity index (χ0n) is 27.0. The fourth-order valence-electron chi connectivity index (χ4n) is 8.17. The first kappa shape index (κ1) is 28.8. The molecule has 0 spiro atoms. The Hall–Kier alpha value is -3.95. The van der Waals surface area contributed by atoms with E-state index in [1.54, 1.807) is 0 Å². The van der Waals surface area contributed by atoms with Crippen molar-refractivity contribution in [1.82, 2.24) is 0 Å². The minimum Gasteiger partial charge on any atom is -0.347 e. The third-order valence-corrected chi connectivity index (χ3v) is 10.8. The molecule has 2 aliphatic heterocycles. The van der Waals surface area contributed by atoms with Crippen LogP contribution in [-0.2, 0) is 17.9 Å². The molecule has 1 aliphatic carbocycles. The molecule has 0 saturated heterocycles. The fraction of sp³-hybridized carbons (Fsp3) is 0.300. The SMILES string of the molecule is CN1/C(=C/C=C2\CCCC(/C=C/C3=[N+](C)c4c(c5ccccc5c[n+]4C)C3(C)C)=C2Cl)C(C)(C)c2c1ccc1ccccc21. The van der Waals surface area contributed by atoms with E-state index < -0.39 is 0 Å². The van der Waals surface area contributed by atoms with Gasteiger partial charge >= 0.3 is 5.82 Å². The van der Waals surface area contributed by atoms with Crippen molar-refractivity contribution < 1.29 is 9.14 Å². The maximum absolute atomic E-state index is 7.18. The van der Waals surface area contributed by atoms with Crippen LogP contribution in [0.15, 0.2) is 113 Å². The quantitative estimate of drug-likeness (QED) is 0.213. The molecule has 0 saturated carbocycles. The number of likely N-dealkylation sites (N-methyl/N-ethyl adjacent to an activating group) is 1. The number of hydrogen-bond acceptors (Lipinski definition) is 1. The molecule has 0 amide bonds. The highest BCUT2D eigenvalue weighted by molar-refractivity contribution is 6.32. The number of aromatic nitrogens is 1. The number of anilines is 1. The van der Waals surface area contributed by atoms with Crippen molar-refractivity contribution in [3.8, 4) is 0 Å². The number of allylic oxidation sites excluding steroid dienone is 8. The van der Waals surface area contributed by atoms with E-state index in [1.165, 1.54) is 66.7 Å². The number of halogens is 1. The van der Waals surface area contributed by atoms with E-state index in [-0.39, 0.29) is 10.8 Å². The third kappa shape index (κ3) is 4.24. The van der Waals surface area contributed by atoms with Crippen LogP contribution >= 0.6 is 11.6 Å². The van der Waals surface area contributed by atoms with Gasteiger partial charge in [-0.1, -0.05) is 86.1 Å². The maximum Gasteiger partial charge on any atom is 0.448 e. The second-order valence-electron chi connectivity index (χ2n) is 13.7. The average Bonchev–Trinajstić information content (AvgIpc) is 3.33. The second-order valence-corrected chi connectivity index (χ2v) is 14.1. The molecule has 4 heteroatoms. The summed E-state index contributed by atoms with van der Waals surface area (Å²) in [6.45, 7) is 9.38. The van der Waals surface area contributed by atoms with Gasteiger partial charge in [-0.2, -0.15) is 0 Å². The number of aryl methyl sites for hydroxylation is 1. The highest BCUT2D eigenvalue weighted by Crippen LogP contribution is 2.50. The lowest BCUT2D eigenvalue weighted by Crippen LogP contribution is -2.32. The molecular formula is C40H42ClN3+2. The van der Waals surface area contributed by atoms with Crippen molar-refractivity contribution in [2.24, 2.45) is 7.05 Å². The van der Waals surface area contributed by atoms with E-state index >= 15 is 0 Å². The van der Waals surface area contributed by atoms with Gasteiger partial charge in [0.2, 0.25) is 0 Å². The first-order valence-electron chi connectivity index (χ1n) is 15.8. The van der Waals surface area contributed by atoms with Gasteiger partial charge in [0.25, 0.3) is 0 Å². The lowest BCUT2D eigenvalue weighted by Gasteiger charge is -2.24. The van der Waals surface area contributed by atoms with Gasteiger partial charge in [0.1, 0.15) is 19.7 Å². The van der Waals surface area contributed by atoms with E-state index in [1.807, 2.05) is 0 Å². The second kappa shape index (κ2) is 10.3. The Morgan fingerprint density at radius 3 is 2.20 bits per heavy atom. The molecule has 7 rings (SSSR count). The van der Waals surface area contributed by atoms with Crippen molar-refractivity contribution in [3.05, 3.63) is 124 Å². The Kier molecular flexibility index (Phi) is 6.75. The van der Waals surface area contributed by atoms with Crippen LogP contribution in [0.5, 0.6) is 0 Å². The number of benzene rings is 3. The number of fused-ring (bicyclic) bond motifs is 6. The van der Waals surface area contributed by atoms with Gasteiger partial charge in [0, 0.05) is 45.7 Å². The van der Waals surface area contributed by atoms with Crippen LogP contribution in [0.1, 0.15) is 58.1 Å². The molecule has 0 N–H and O–H groups in total. The maximum atomic E-state index is 7.18. The molecule has 4 aromatic rings. The highest BCUT2D eigenvalue weighted by Gasteiger charge is 2.50. The van der Waals surface area contributed by atoms with Gasteiger partial charge in [0.05, 0.1) is 5.41 Å². The van der Waals surface area contributed by atoms with Crippen LogP contribution in [0.3, 0.4) is 0 Å². The number of rotatable bonds is 3. The first-order chi connectivity index (χ1) is 21.0. The molecule has 0 fully saturated rings. The minimum atomic E-state index is -0.137. The van der Waals surface area contributed by atoms with Gasteiger partial charge in [-0.25, -0.2) is 0 Å². The molecule has 3 nitrogen and oxygen atoms in total. The largest absolute Gasteiger partial charge is 0.448 e. The molecule has 0 unspecified atom stereocenters. The van der Waals surface area contributed by atoms with Crippen LogP contribution in [0.25, 0.3) is 21.5 Å². The van der Waals surface area contributed by atoms with Crippen LogP contribution in [0.4, 0.5) is 11.5 Å². The fourth-order valence-corrected chi connectivity index (χ4v) is 8.48. The van der Waals surface area contributed by atoms with E-state index in [2.05, 4.69) is 154 Å². The monoisotopic (exact) mass is 599 g/mol. The number of hydrogen-bond donors (Lipinski definition) is 0. The van der Waals surface area contributed by atoms with Crippen molar-refractivity contribution in [3.63, 3.8) is 0 Å². The normalized spacial score (nSPS) is 21.0. The van der Waals surface area contributed by atoms with Crippen molar-refractivity contribution in [2.45, 2.75) is 57.8 Å². The molecule has 222 valence electrons. The van der Waals surface area contributed by atoms with Gasteiger partial charge in [-0.3, -0.25) is 0 Å². The zero-order valence-corrected chi connectivity index (χ0v) is 27.8. The Bertz CT molecular complexity index is 2030. The van der Waals surface area contributed by atoms with Crippen molar-refractivity contribution in [2.75, 3.05) is 19.0 Å². The van der Waals surface area contributed by atoms with E-state index in [0.717, 1.165) is 24.3 Å². The van der Waals surface area contributed by atoms with Crippen LogP contribution in [0.2, 0.25) is 0 Å². The summed E-state index contributed by atoms with van der Waals surface area (Å²) in [4.78, 5) is 2.36. The summed E-state index contributed by atoms with van der Waals surface area (Å²) in [5.41, 5.74) is 8.85. The Morgan fingerprint density at radius 1 is 0.773 bits per heavy atom. The smallest absolute Gasteiger partial charge is 0.347 e. The van der Waals surface area contributed by atoms with E-state index in [9.17, 15) is 0 Å². The zero-order chi connectivity index (χ0) is 31.0. The molecule has 1 aromatic heterocycles. The first-order valence-corrected chi connectivity index (χ1v) is 16.2. The topological polar surface area (TPSA) is 10.1 Å². The van der Waals surface area contributed by atoms with Gasteiger partial charge in [0.15, 0.2) is 11.9 Å². The highest BCUT2D eigenvalue weighted by atomic mass is 35.5. The predicted octanol–water partition coefficient (Wildman–Crippen LogP) is 9.29. The predicted molar refractivity (Wildman–Crippen MR) is 186 cm³/mol. The van der Waals surface area contributed by atoms with Crippen LogP contribution in [0, 0.1) is 0 Å². The lowest BCUT2D eigenvalue weighted by atomic mass is 9.79. The molecular weight excluding hydrogens is 558 g/mol. The number of nitrogens with zero attached hydrogens (tertiary/aromatic N) is 3. The molecule has 44 heavy (non-hydrogen) atoms. The lowest BCUT2D eigenvalue weighted by molar-refractivity contribution is -0.716. The standard InChI is InChI=1S/C40H42ClN3/c1-39(2)33(43(6)32-22-19-26-13-8-10-17-30(26)35(32)39)23-20-27-15-12-16-28(37(27)41)21-24-34-40(3,4)36-31-18-11-9-14-29(31)25-42(5)38(36)44(34)7/h8-11,13-14,17-25H,12,15-16H2,1-7H3/q+2. The number of pyridine rings is 1. The third-order valence-electron chi connectivity index (χ3n) is 10.3. The molecule has 0 atom stereocenters. The minimum absolute atomic E-state index is 0.111. The summed E-state index contributed by atoms with van der Waals surface area (Å²) < 4.78 is 4.63. The van der Waals surface area contributed by atoms with E-state index in [4.69, 9.17) is 11.6 Å². The Balaban J connectivity index is 1.23.